The van der Waals surface area contributed by atoms with Gasteiger partial charge in [-0.2, -0.15) is 4.98 Å². The molecule has 4 aromatic rings. The molecule has 5 nitrogen and oxygen atoms in total. The summed E-state index contributed by atoms with van der Waals surface area (Å²) < 4.78 is 11.4. The molecule has 0 amide bonds. The molecule has 1 aromatic heterocycles. The highest BCUT2D eigenvalue weighted by Crippen LogP contribution is 2.38. The minimum absolute atomic E-state index is 0.0108. The Bertz CT molecular complexity index is 1190. The highest BCUT2D eigenvalue weighted by molar-refractivity contribution is 5.86. The van der Waals surface area contributed by atoms with Crippen LogP contribution in [0.25, 0.3) is 22.3 Å². The summed E-state index contributed by atoms with van der Waals surface area (Å²) in [5.74, 6) is 1.83. The van der Waals surface area contributed by atoms with E-state index >= 15 is 0 Å². The maximum atomic E-state index is 10.6. The van der Waals surface area contributed by atoms with Crippen molar-refractivity contribution < 1.29 is 14.6 Å². The molecule has 0 atom stereocenters. The number of allylic oxidation sites excluding steroid dienone is 1. The lowest BCUT2D eigenvalue weighted by molar-refractivity contribution is 0.374. The lowest BCUT2D eigenvalue weighted by Gasteiger charge is -2.13. The van der Waals surface area contributed by atoms with E-state index in [4.69, 9.17) is 9.47 Å². The van der Waals surface area contributed by atoms with Crippen LogP contribution < -0.4 is 9.47 Å². The maximum Gasteiger partial charge on any atom is 0.230 e. The van der Waals surface area contributed by atoms with E-state index in [9.17, 15) is 5.11 Å². The molecule has 29 heavy (non-hydrogen) atoms. The van der Waals surface area contributed by atoms with E-state index in [0.717, 1.165) is 16.5 Å². The number of hydrogen-bond acceptors (Lipinski definition) is 5. The smallest absolute Gasteiger partial charge is 0.230 e. The first-order chi connectivity index (χ1) is 14.2. The van der Waals surface area contributed by atoms with Crippen LogP contribution in [-0.4, -0.2) is 22.2 Å². The van der Waals surface area contributed by atoms with Crippen LogP contribution in [0.1, 0.15) is 5.56 Å². The molecule has 4 rings (SSSR count). The largest absolute Gasteiger partial charge is 0.504 e. The van der Waals surface area contributed by atoms with Crippen LogP contribution in [0.4, 0.5) is 0 Å². The summed E-state index contributed by atoms with van der Waals surface area (Å²) in [7, 11) is 1.51. The topological polar surface area (TPSA) is 64.5 Å². The highest BCUT2D eigenvalue weighted by atomic mass is 16.5. The fraction of sp³-hybridized carbons (Fsp3) is 0.0833. The third kappa shape index (κ3) is 3.62. The van der Waals surface area contributed by atoms with E-state index in [1.807, 2.05) is 54.6 Å². The molecule has 0 saturated carbocycles. The first-order valence-corrected chi connectivity index (χ1v) is 9.21. The van der Waals surface area contributed by atoms with Gasteiger partial charge in [-0.25, -0.2) is 4.98 Å². The standard InChI is InChI=1S/C24H20N2O3/c1-3-9-16-10-4-7-14-20(16)29-24-17-11-5-6-13-19(17)25-23(26-24)18-12-8-15-21(28-2)22(18)27/h3-8,10-15,27H,1,9H2,2H3. The molecular formula is C24H20N2O3. The Labute approximate surface area is 168 Å². The van der Waals surface area contributed by atoms with Gasteiger partial charge < -0.3 is 14.6 Å². The van der Waals surface area contributed by atoms with Gasteiger partial charge in [-0.15, -0.1) is 6.58 Å². The molecule has 0 saturated heterocycles. The van der Waals surface area contributed by atoms with Crippen molar-refractivity contribution in [3.63, 3.8) is 0 Å². The van der Waals surface area contributed by atoms with Gasteiger partial charge in [0.15, 0.2) is 17.3 Å². The van der Waals surface area contributed by atoms with E-state index in [1.54, 1.807) is 18.2 Å². The number of phenolic OH excluding ortho intramolecular Hbond substituents is 1. The first kappa shape index (κ1) is 18.5. The molecule has 1 N–H and O–H groups in total. The highest BCUT2D eigenvalue weighted by Gasteiger charge is 2.16. The van der Waals surface area contributed by atoms with Crippen LogP contribution in [0, 0.1) is 0 Å². The number of methoxy groups -OCH3 is 1. The molecule has 0 bridgehead atoms. The minimum Gasteiger partial charge on any atom is -0.504 e. The Hall–Kier alpha value is -3.86. The van der Waals surface area contributed by atoms with Crippen LogP contribution >= 0.6 is 0 Å². The summed E-state index contributed by atoms with van der Waals surface area (Å²) in [6.45, 7) is 3.81. The second-order valence-corrected chi connectivity index (χ2v) is 6.43. The second kappa shape index (κ2) is 8.02. The van der Waals surface area contributed by atoms with Crippen LogP contribution in [0.5, 0.6) is 23.1 Å². The number of rotatable bonds is 6. The molecule has 0 unspecified atom stereocenters. The van der Waals surface area contributed by atoms with Crippen molar-refractivity contribution in [3.8, 4) is 34.5 Å². The number of benzene rings is 3. The van der Waals surface area contributed by atoms with Crippen LogP contribution in [-0.2, 0) is 6.42 Å². The van der Waals surface area contributed by atoms with Crippen molar-refractivity contribution >= 4 is 10.9 Å². The third-order valence-electron chi connectivity index (χ3n) is 4.57. The molecule has 0 aliphatic carbocycles. The molecule has 0 spiro atoms. The summed E-state index contributed by atoms with van der Waals surface area (Å²) in [4.78, 5) is 9.25. The molecular weight excluding hydrogens is 364 g/mol. The van der Waals surface area contributed by atoms with Crippen molar-refractivity contribution in [2.45, 2.75) is 6.42 Å². The number of para-hydroxylation sites is 3. The minimum atomic E-state index is -0.0108. The number of fused-ring (bicyclic) bond motifs is 1. The average molecular weight is 384 g/mol. The zero-order chi connectivity index (χ0) is 20.2. The summed E-state index contributed by atoms with van der Waals surface area (Å²) in [6.07, 6.45) is 2.52. The van der Waals surface area contributed by atoms with Crippen molar-refractivity contribution in [3.05, 3.63) is 84.9 Å². The van der Waals surface area contributed by atoms with Gasteiger partial charge in [0, 0.05) is 0 Å². The lowest BCUT2D eigenvalue weighted by Crippen LogP contribution is -1.98. The number of ether oxygens (including phenoxy) is 2. The summed E-state index contributed by atoms with van der Waals surface area (Å²) >= 11 is 0. The third-order valence-corrected chi connectivity index (χ3v) is 4.57. The quantitative estimate of drug-likeness (QED) is 0.443. The summed E-state index contributed by atoms with van der Waals surface area (Å²) in [5, 5.41) is 11.3. The fourth-order valence-corrected chi connectivity index (χ4v) is 3.14. The number of phenols is 1. The molecule has 3 aromatic carbocycles. The maximum absolute atomic E-state index is 10.6. The average Bonchev–Trinajstić information content (AvgIpc) is 2.75. The lowest BCUT2D eigenvalue weighted by atomic mass is 10.1. The van der Waals surface area contributed by atoms with Crippen LogP contribution in [0.2, 0.25) is 0 Å². The predicted octanol–water partition coefficient (Wildman–Crippen LogP) is 5.53. The predicted molar refractivity (Wildman–Crippen MR) is 114 cm³/mol. The molecule has 0 aliphatic rings. The zero-order valence-corrected chi connectivity index (χ0v) is 16.0. The van der Waals surface area contributed by atoms with Gasteiger partial charge in [0.25, 0.3) is 0 Å². The Balaban J connectivity index is 1.88. The molecule has 0 radical (unpaired) electrons. The van der Waals surface area contributed by atoms with Crippen molar-refractivity contribution in [1.29, 1.82) is 0 Å². The van der Waals surface area contributed by atoms with E-state index in [0.29, 0.717) is 35.2 Å². The number of hydrogen-bond donors (Lipinski definition) is 1. The van der Waals surface area contributed by atoms with E-state index < -0.39 is 0 Å². The van der Waals surface area contributed by atoms with Crippen molar-refractivity contribution in [1.82, 2.24) is 9.97 Å². The molecule has 5 heteroatoms. The van der Waals surface area contributed by atoms with Crippen molar-refractivity contribution in [2.24, 2.45) is 0 Å². The zero-order valence-electron chi connectivity index (χ0n) is 16.0. The Morgan fingerprint density at radius 2 is 1.69 bits per heavy atom. The van der Waals surface area contributed by atoms with Gasteiger partial charge in [-0.1, -0.05) is 42.5 Å². The second-order valence-electron chi connectivity index (χ2n) is 6.43. The van der Waals surface area contributed by atoms with Gasteiger partial charge in [-0.3, -0.25) is 0 Å². The SMILES string of the molecule is C=CCc1ccccc1Oc1nc(-c2cccc(OC)c2O)nc2ccccc12. The van der Waals surface area contributed by atoms with Gasteiger partial charge in [0.1, 0.15) is 5.75 Å². The van der Waals surface area contributed by atoms with Gasteiger partial charge in [0.05, 0.1) is 23.6 Å². The monoisotopic (exact) mass is 384 g/mol. The first-order valence-electron chi connectivity index (χ1n) is 9.21. The summed E-state index contributed by atoms with van der Waals surface area (Å²) in [6, 6.07) is 20.6. The molecule has 144 valence electrons. The Kier molecular flexibility index (Phi) is 5.12. The normalized spacial score (nSPS) is 10.7. The van der Waals surface area contributed by atoms with E-state index in [2.05, 4.69) is 16.5 Å². The molecule has 0 fully saturated rings. The van der Waals surface area contributed by atoms with Gasteiger partial charge in [0.2, 0.25) is 5.88 Å². The van der Waals surface area contributed by atoms with E-state index in [-0.39, 0.29) is 5.75 Å². The van der Waals surface area contributed by atoms with Gasteiger partial charge >= 0.3 is 0 Å². The Morgan fingerprint density at radius 1 is 0.931 bits per heavy atom. The number of aromatic hydroxyl groups is 1. The molecule has 0 aliphatic heterocycles. The number of aromatic nitrogens is 2. The van der Waals surface area contributed by atoms with Gasteiger partial charge in [-0.05, 0) is 42.3 Å². The van der Waals surface area contributed by atoms with E-state index in [1.165, 1.54) is 7.11 Å². The van der Waals surface area contributed by atoms with Crippen LogP contribution in [0.15, 0.2) is 79.4 Å². The summed E-state index contributed by atoms with van der Waals surface area (Å²) in [5.41, 5.74) is 2.20. The Morgan fingerprint density at radius 3 is 2.52 bits per heavy atom. The number of nitrogens with zero attached hydrogens (tertiary/aromatic N) is 2. The van der Waals surface area contributed by atoms with Crippen LogP contribution in [0.3, 0.4) is 0 Å². The molecule has 1 heterocycles. The fourth-order valence-electron chi connectivity index (χ4n) is 3.14. The van der Waals surface area contributed by atoms with Crippen molar-refractivity contribution in [2.75, 3.05) is 7.11 Å².